The summed E-state index contributed by atoms with van der Waals surface area (Å²) in [6, 6.07) is 5.04. The largest absolute Gasteiger partial charge is 0.484 e. The fraction of sp³-hybridized carbons (Fsp3) is 0.333. The number of rotatable bonds is 9. The zero-order valence-corrected chi connectivity index (χ0v) is 21.6. The number of pyridine rings is 1. The van der Waals surface area contributed by atoms with Crippen LogP contribution in [0.5, 0.6) is 5.75 Å². The van der Waals surface area contributed by atoms with Crippen LogP contribution in [-0.2, 0) is 27.5 Å². The predicted molar refractivity (Wildman–Crippen MR) is 131 cm³/mol. The van der Waals surface area contributed by atoms with Crippen LogP contribution in [0.1, 0.15) is 28.0 Å². The molecule has 0 unspecified atom stereocenters. The molecule has 1 atom stereocenters. The Morgan fingerprint density at radius 2 is 1.95 bits per heavy atom. The van der Waals surface area contributed by atoms with E-state index in [1.807, 2.05) is 0 Å². The number of carbonyl (C=O) groups is 2. The molecule has 0 bridgehead atoms. The number of aryl methyl sites for hydroxylation is 1. The van der Waals surface area contributed by atoms with Gasteiger partial charge in [-0.2, -0.15) is 23.0 Å². The molecule has 3 aromatic rings. The molecule has 0 aliphatic carbocycles. The summed E-state index contributed by atoms with van der Waals surface area (Å²) in [5.41, 5.74) is 0.521. The maximum absolute atomic E-state index is 14.0. The van der Waals surface area contributed by atoms with Gasteiger partial charge in [0.2, 0.25) is 5.91 Å². The Hall–Kier alpha value is -4.08. The molecule has 0 fully saturated rings. The molecule has 3 heterocycles. The summed E-state index contributed by atoms with van der Waals surface area (Å²) in [7, 11) is -3.70. The highest BCUT2D eigenvalue weighted by Crippen LogP contribution is 2.29. The van der Waals surface area contributed by atoms with Crippen LogP contribution in [0.2, 0.25) is 0 Å². The Balaban J connectivity index is 1.56. The lowest BCUT2D eigenvalue weighted by Crippen LogP contribution is -2.41. The lowest BCUT2D eigenvalue weighted by atomic mass is 9.96. The van der Waals surface area contributed by atoms with Crippen LogP contribution < -0.4 is 15.4 Å². The van der Waals surface area contributed by atoms with E-state index in [1.165, 1.54) is 12.1 Å². The third-order valence-electron chi connectivity index (χ3n) is 5.65. The standard InChI is InChI=1S/C24H22F5N5O5S/c1-40(37,38)11-20(35)32-22-21-18(33-34(22)19-5-3-14(25)10-30-19)9-16(31-23(21)36)4-2-13-6-15(26)8-17(7-13)39-12-24(27,28)29/h3,5-8,10,16H,2,4,9,11-12H2,1H3,(H,31,36)(H,32,35)/t16-/m0/s1. The van der Waals surface area contributed by atoms with E-state index in [1.54, 1.807) is 0 Å². The molecule has 0 saturated heterocycles. The molecular weight excluding hydrogens is 565 g/mol. The van der Waals surface area contributed by atoms with E-state index in [2.05, 4.69) is 25.5 Å². The maximum atomic E-state index is 14.0. The molecular formula is C24H22F5N5O5S. The van der Waals surface area contributed by atoms with Crippen LogP contribution in [0.4, 0.5) is 27.8 Å². The van der Waals surface area contributed by atoms with Crippen LogP contribution in [0.3, 0.4) is 0 Å². The maximum Gasteiger partial charge on any atom is 0.422 e. The molecule has 40 heavy (non-hydrogen) atoms. The van der Waals surface area contributed by atoms with E-state index in [-0.39, 0.29) is 47.9 Å². The van der Waals surface area contributed by atoms with Crippen molar-refractivity contribution in [2.75, 3.05) is 23.9 Å². The highest BCUT2D eigenvalue weighted by molar-refractivity contribution is 7.91. The molecule has 2 aromatic heterocycles. The Kier molecular flexibility index (Phi) is 8.09. The van der Waals surface area contributed by atoms with Gasteiger partial charge in [0.15, 0.2) is 28.1 Å². The number of ether oxygens (including phenoxy) is 1. The first-order chi connectivity index (χ1) is 18.7. The number of benzene rings is 1. The molecule has 0 spiro atoms. The topological polar surface area (TPSA) is 132 Å². The van der Waals surface area contributed by atoms with Gasteiger partial charge in [-0.25, -0.2) is 22.2 Å². The number of amides is 2. The zero-order chi connectivity index (χ0) is 29.2. The second-order valence-electron chi connectivity index (χ2n) is 9.15. The molecule has 1 aliphatic rings. The highest BCUT2D eigenvalue weighted by Gasteiger charge is 2.33. The number of alkyl halides is 3. The number of nitrogens with one attached hydrogen (secondary N) is 2. The first kappa shape index (κ1) is 28.9. The molecule has 10 nitrogen and oxygen atoms in total. The van der Waals surface area contributed by atoms with E-state index in [0.29, 0.717) is 5.56 Å². The van der Waals surface area contributed by atoms with Crippen molar-refractivity contribution < 1.29 is 44.7 Å². The fourth-order valence-corrected chi connectivity index (χ4v) is 4.64. The second-order valence-corrected chi connectivity index (χ2v) is 11.3. The number of halogens is 5. The minimum Gasteiger partial charge on any atom is -0.484 e. The average molecular weight is 588 g/mol. The van der Waals surface area contributed by atoms with E-state index in [4.69, 9.17) is 0 Å². The Morgan fingerprint density at radius 3 is 2.60 bits per heavy atom. The van der Waals surface area contributed by atoms with Crippen LogP contribution in [0, 0.1) is 11.6 Å². The van der Waals surface area contributed by atoms with Crippen molar-refractivity contribution in [3.8, 4) is 11.6 Å². The van der Waals surface area contributed by atoms with Crippen molar-refractivity contribution in [3.05, 3.63) is 65.0 Å². The number of carbonyl (C=O) groups excluding carboxylic acids is 2. The number of fused-ring (bicyclic) bond motifs is 1. The van der Waals surface area contributed by atoms with E-state index >= 15 is 0 Å². The van der Waals surface area contributed by atoms with Gasteiger partial charge in [-0.15, -0.1) is 0 Å². The molecule has 16 heteroatoms. The van der Waals surface area contributed by atoms with Crippen molar-refractivity contribution in [2.45, 2.75) is 31.5 Å². The Morgan fingerprint density at radius 1 is 1.20 bits per heavy atom. The van der Waals surface area contributed by atoms with Crippen LogP contribution in [0.25, 0.3) is 5.82 Å². The van der Waals surface area contributed by atoms with E-state index in [9.17, 15) is 40.0 Å². The number of nitrogens with zero attached hydrogens (tertiary/aromatic N) is 3. The van der Waals surface area contributed by atoms with Gasteiger partial charge in [-0.05, 0) is 42.7 Å². The van der Waals surface area contributed by atoms with Gasteiger partial charge in [0.25, 0.3) is 5.91 Å². The van der Waals surface area contributed by atoms with Crippen molar-refractivity contribution in [2.24, 2.45) is 0 Å². The summed E-state index contributed by atoms with van der Waals surface area (Å²) < 4.78 is 93.6. The molecule has 2 N–H and O–H groups in total. The van der Waals surface area contributed by atoms with E-state index < -0.39 is 57.9 Å². The van der Waals surface area contributed by atoms with Gasteiger partial charge in [-0.3, -0.25) is 9.59 Å². The third-order valence-corrected chi connectivity index (χ3v) is 6.44. The molecule has 1 aliphatic heterocycles. The van der Waals surface area contributed by atoms with Gasteiger partial charge in [0, 0.05) is 24.8 Å². The predicted octanol–water partition coefficient (Wildman–Crippen LogP) is 2.76. The van der Waals surface area contributed by atoms with Crippen LogP contribution in [-0.4, -0.2) is 65.8 Å². The molecule has 4 rings (SSSR count). The Labute approximate surface area is 224 Å². The fourth-order valence-electron chi connectivity index (χ4n) is 4.10. The first-order valence-corrected chi connectivity index (χ1v) is 13.7. The van der Waals surface area contributed by atoms with Crippen molar-refractivity contribution >= 4 is 27.5 Å². The van der Waals surface area contributed by atoms with Gasteiger partial charge < -0.3 is 15.4 Å². The van der Waals surface area contributed by atoms with Crippen molar-refractivity contribution in [1.29, 1.82) is 0 Å². The Bertz CT molecular complexity index is 1540. The number of aromatic nitrogens is 3. The number of anilines is 1. The number of hydrogen-bond acceptors (Lipinski definition) is 7. The quantitative estimate of drug-likeness (QED) is 0.368. The minimum atomic E-state index is -4.59. The second kappa shape index (κ2) is 11.2. The smallest absolute Gasteiger partial charge is 0.422 e. The minimum absolute atomic E-state index is 0.0425. The SMILES string of the molecule is CS(=O)(=O)CC(=O)Nc1c2c(nn1-c1ccc(F)cn1)C[C@H](CCc1cc(F)cc(OCC(F)(F)F)c1)NC2=O. The van der Waals surface area contributed by atoms with Gasteiger partial charge in [0.1, 0.15) is 28.7 Å². The third kappa shape index (κ3) is 7.52. The van der Waals surface area contributed by atoms with Crippen molar-refractivity contribution in [3.63, 3.8) is 0 Å². The van der Waals surface area contributed by atoms with Crippen LogP contribution >= 0.6 is 0 Å². The molecule has 214 valence electrons. The normalized spacial score (nSPS) is 15.3. The number of hydrogen-bond donors (Lipinski definition) is 2. The van der Waals surface area contributed by atoms with Crippen molar-refractivity contribution in [1.82, 2.24) is 20.1 Å². The van der Waals surface area contributed by atoms with Gasteiger partial charge >= 0.3 is 6.18 Å². The summed E-state index contributed by atoms with van der Waals surface area (Å²) in [6.45, 7) is -1.58. The van der Waals surface area contributed by atoms with E-state index in [0.717, 1.165) is 35.3 Å². The lowest BCUT2D eigenvalue weighted by Gasteiger charge is -2.23. The molecule has 1 aromatic carbocycles. The van der Waals surface area contributed by atoms with Crippen LogP contribution in [0.15, 0.2) is 36.5 Å². The van der Waals surface area contributed by atoms with Gasteiger partial charge in [0.05, 0.1) is 11.9 Å². The highest BCUT2D eigenvalue weighted by atomic mass is 32.2. The average Bonchev–Trinajstić information content (AvgIpc) is 3.18. The number of sulfone groups is 1. The summed E-state index contributed by atoms with van der Waals surface area (Å²) in [5, 5.41) is 9.47. The lowest BCUT2D eigenvalue weighted by molar-refractivity contribution is -0.153. The zero-order valence-electron chi connectivity index (χ0n) is 20.8. The van der Waals surface area contributed by atoms with Gasteiger partial charge in [-0.1, -0.05) is 0 Å². The summed E-state index contributed by atoms with van der Waals surface area (Å²) in [6.07, 6.45) is -2.29. The molecule has 0 saturated carbocycles. The summed E-state index contributed by atoms with van der Waals surface area (Å²) >= 11 is 0. The molecule has 2 amide bonds. The molecule has 0 radical (unpaired) electrons. The first-order valence-electron chi connectivity index (χ1n) is 11.7. The summed E-state index contributed by atoms with van der Waals surface area (Å²) in [5.74, 6) is -4.29. The monoisotopic (exact) mass is 587 g/mol. The summed E-state index contributed by atoms with van der Waals surface area (Å²) in [4.78, 5) is 29.4.